The van der Waals surface area contributed by atoms with Crippen LogP contribution < -0.4 is 11.1 Å². The first kappa shape index (κ1) is 18.6. The molecule has 0 unspecified atom stereocenters. The predicted molar refractivity (Wildman–Crippen MR) is 96.9 cm³/mol. The standard InChI is InChI=1S/C19H14N4O5/c20-10-13-6-8-15(9-7-13)21-16(24)12-27-17(25)11-23-19(26)28-18(22-23)14-4-2-1-3-5-14/h1-9H,11-12H2,(H,21,24). The minimum Gasteiger partial charge on any atom is -0.454 e. The number of hydrogen-bond donors (Lipinski definition) is 1. The van der Waals surface area contributed by atoms with Gasteiger partial charge in [0.05, 0.1) is 11.6 Å². The minimum absolute atomic E-state index is 0.0805. The molecule has 140 valence electrons. The molecule has 0 bridgehead atoms. The smallest absolute Gasteiger partial charge is 0.437 e. The Morgan fingerprint density at radius 3 is 2.54 bits per heavy atom. The fourth-order valence-corrected chi connectivity index (χ4v) is 2.24. The molecule has 0 saturated carbocycles. The number of anilines is 1. The highest BCUT2D eigenvalue weighted by atomic mass is 16.5. The van der Waals surface area contributed by atoms with Gasteiger partial charge in [-0.2, -0.15) is 9.94 Å². The van der Waals surface area contributed by atoms with Crippen LogP contribution in [0.3, 0.4) is 0 Å². The lowest BCUT2D eigenvalue weighted by Crippen LogP contribution is -2.26. The summed E-state index contributed by atoms with van der Waals surface area (Å²) in [6.45, 7) is -1.02. The first-order chi connectivity index (χ1) is 13.5. The summed E-state index contributed by atoms with van der Waals surface area (Å²) in [4.78, 5) is 35.5. The molecule has 28 heavy (non-hydrogen) atoms. The van der Waals surface area contributed by atoms with E-state index in [1.54, 1.807) is 54.6 Å². The zero-order valence-corrected chi connectivity index (χ0v) is 14.5. The molecule has 0 spiro atoms. The molecule has 0 atom stereocenters. The lowest BCUT2D eigenvalue weighted by Gasteiger charge is -2.06. The van der Waals surface area contributed by atoms with Crippen LogP contribution in [0.15, 0.2) is 63.8 Å². The number of rotatable bonds is 6. The Kier molecular flexibility index (Phi) is 5.62. The molecule has 9 nitrogen and oxygen atoms in total. The maximum Gasteiger partial charge on any atom is 0.437 e. The number of esters is 1. The molecule has 1 aromatic heterocycles. The molecule has 0 fully saturated rings. The molecule has 0 saturated heterocycles. The number of benzene rings is 2. The van der Waals surface area contributed by atoms with Crippen molar-refractivity contribution in [2.75, 3.05) is 11.9 Å². The molecule has 1 heterocycles. The SMILES string of the molecule is N#Cc1ccc(NC(=O)COC(=O)Cn2nc(-c3ccccc3)oc2=O)cc1. The van der Waals surface area contributed by atoms with Crippen molar-refractivity contribution < 1.29 is 18.7 Å². The molecular formula is C19H14N4O5. The van der Waals surface area contributed by atoms with Gasteiger partial charge < -0.3 is 14.5 Å². The fourth-order valence-electron chi connectivity index (χ4n) is 2.24. The summed E-state index contributed by atoms with van der Waals surface area (Å²) >= 11 is 0. The van der Waals surface area contributed by atoms with Gasteiger partial charge in [-0.05, 0) is 36.4 Å². The van der Waals surface area contributed by atoms with Crippen molar-refractivity contribution in [3.05, 3.63) is 70.7 Å². The monoisotopic (exact) mass is 378 g/mol. The van der Waals surface area contributed by atoms with Gasteiger partial charge in [-0.1, -0.05) is 18.2 Å². The van der Waals surface area contributed by atoms with Gasteiger partial charge in [0.1, 0.15) is 6.54 Å². The summed E-state index contributed by atoms with van der Waals surface area (Å²) in [5.74, 6) is -2.10. The highest BCUT2D eigenvalue weighted by molar-refractivity contribution is 5.92. The van der Waals surface area contributed by atoms with Gasteiger partial charge in [0, 0.05) is 11.3 Å². The van der Waals surface area contributed by atoms with Crippen molar-refractivity contribution in [3.63, 3.8) is 0 Å². The second-order valence-electron chi connectivity index (χ2n) is 5.59. The molecular weight excluding hydrogens is 364 g/mol. The molecule has 1 amide bonds. The number of amides is 1. The van der Waals surface area contributed by atoms with E-state index in [1.807, 2.05) is 6.07 Å². The summed E-state index contributed by atoms with van der Waals surface area (Å²) in [5, 5.41) is 15.2. The van der Waals surface area contributed by atoms with Crippen LogP contribution in [0.1, 0.15) is 5.56 Å². The van der Waals surface area contributed by atoms with E-state index in [2.05, 4.69) is 10.4 Å². The van der Waals surface area contributed by atoms with Crippen molar-refractivity contribution in [2.45, 2.75) is 6.54 Å². The van der Waals surface area contributed by atoms with E-state index in [4.69, 9.17) is 14.4 Å². The van der Waals surface area contributed by atoms with Gasteiger partial charge in [0.2, 0.25) is 5.89 Å². The van der Waals surface area contributed by atoms with Crippen LogP contribution in [0.25, 0.3) is 11.5 Å². The molecule has 9 heteroatoms. The number of carbonyl (C=O) groups is 2. The van der Waals surface area contributed by atoms with Crippen LogP contribution in [0.2, 0.25) is 0 Å². The summed E-state index contributed by atoms with van der Waals surface area (Å²) < 4.78 is 10.7. The molecule has 0 aliphatic rings. The molecule has 3 aromatic rings. The lowest BCUT2D eigenvalue weighted by atomic mass is 10.2. The van der Waals surface area contributed by atoms with E-state index in [1.165, 1.54) is 0 Å². The number of nitrogens with zero attached hydrogens (tertiary/aromatic N) is 3. The van der Waals surface area contributed by atoms with E-state index >= 15 is 0 Å². The Labute approximate surface area is 158 Å². The average Bonchev–Trinajstić information content (AvgIpc) is 3.08. The topological polar surface area (TPSA) is 127 Å². The Morgan fingerprint density at radius 2 is 1.86 bits per heavy atom. The second-order valence-corrected chi connectivity index (χ2v) is 5.59. The summed E-state index contributed by atoms with van der Waals surface area (Å²) in [6, 6.07) is 16.9. The molecule has 2 aromatic carbocycles. The van der Waals surface area contributed by atoms with Crippen LogP contribution >= 0.6 is 0 Å². The van der Waals surface area contributed by atoms with Crippen LogP contribution in [-0.2, 0) is 20.9 Å². The minimum atomic E-state index is -0.815. The van der Waals surface area contributed by atoms with E-state index in [9.17, 15) is 14.4 Å². The average molecular weight is 378 g/mol. The summed E-state index contributed by atoms with van der Waals surface area (Å²) in [5.41, 5.74) is 1.51. The summed E-state index contributed by atoms with van der Waals surface area (Å²) in [7, 11) is 0. The zero-order chi connectivity index (χ0) is 19.9. The number of carbonyl (C=O) groups excluding carboxylic acids is 2. The van der Waals surface area contributed by atoms with Crippen molar-refractivity contribution in [2.24, 2.45) is 0 Å². The molecule has 1 N–H and O–H groups in total. The normalized spacial score (nSPS) is 10.1. The van der Waals surface area contributed by atoms with Gasteiger partial charge in [0.15, 0.2) is 6.61 Å². The van der Waals surface area contributed by atoms with Gasteiger partial charge >= 0.3 is 11.7 Å². The highest BCUT2D eigenvalue weighted by Gasteiger charge is 2.15. The first-order valence-corrected chi connectivity index (χ1v) is 8.14. The number of hydrogen-bond acceptors (Lipinski definition) is 7. The van der Waals surface area contributed by atoms with Gasteiger partial charge in [-0.25, -0.2) is 4.79 Å². The maximum atomic E-state index is 11.9. The van der Waals surface area contributed by atoms with Crippen molar-refractivity contribution in [1.82, 2.24) is 9.78 Å². The largest absolute Gasteiger partial charge is 0.454 e. The van der Waals surface area contributed by atoms with Gasteiger partial charge in [-0.3, -0.25) is 9.59 Å². The second kappa shape index (κ2) is 8.46. The van der Waals surface area contributed by atoms with E-state index in [0.717, 1.165) is 4.68 Å². The Morgan fingerprint density at radius 1 is 1.14 bits per heavy atom. The van der Waals surface area contributed by atoms with E-state index < -0.39 is 30.8 Å². The molecule has 3 rings (SSSR count). The Balaban J connectivity index is 1.53. The number of nitrogens with one attached hydrogen (secondary N) is 1. The molecule has 0 radical (unpaired) electrons. The van der Waals surface area contributed by atoms with Crippen molar-refractivity contribution in [1.29, 1.82) is 5.26 Å². The van der Waals surface area contributed by atoms with Gasteiger partial charge in [0.25, 0.3) is 5.91 Å². The van der Waals surface area contributed by atoms with Crippen molar-refractivity contribution >= 4 is 17.6 Å². The summed E-state index contributed by atoms with van der Waals surface area (Å²) in [6.07, 6.45) is 0. The van der Waals surface area contributed by atoms with Crippen LogP contribution in [0.5, 0.6) is 0 Å². The lowest BCUT2D eigenvalue weighted by molar-refractivity contribution is -0.148. The highest BCUT2D eigenvalue weighted by Crippen LogP contribution is 2.14. The predicted octanol–water partition coefficient (Wildman–Crippen LogP) is 1.56. The first-order valence-electron chi connectivity index (χ1n) is 8.14. The van der Waals surface area contributed by atoms with Crippen molar-refractivity contribution in [3.8, 4) is 17.5 Å². The fraction of sp³-hybridized carbons (Fsp3) is 0.105. The third kappa shape index (κ3) is 4.70. The Bertz CT molecular complexity index is 1080. The maximum absolute atomic E-state index is 11.9. The Hall–Kier alpha value is -4.19. The van der Waals surface area contributed by atoms with Crippen LogP contribution in [-0.4, -0.2) is 28.3 Å². The van der Waals surface area contributed by atoms with Crippen LogP contribution in [0.4, 0.5) is 5.69 Å². The third-order valence-electron chi connectivity index (χ3n) is 3.57. The zero-order valence-electron chi connectivity index (χ0n) is 14.5. The quantitative estimate of drug-likeness (QED) is 0.645. The number of ether oxygens (including phenoxy) is 1. The molecule has 0 aliphatic carbocycles. The van der Waals surface area contributed by atoms with E-state index in [-0.39, 0.29) is 5.89 Å². The van der Waals surface area contributed by atoms with Gasteiger partial charge in [-0.15, -0.1) is 5.10 Å². The van der Waals surface area contributed by atoms with Crippen LogP contribution in [0, 0.1) is 11.3 Å². The molecule has 0 aliphatic heterocycles. The number of nitriles is 1. The third-order valence-corrected chi connectivity index (χ3v) is 3.57. The van der Waals surface area contributed by atoms with E-state index in [0.29, 0.717) is 16.8 Å². The number of aromatic nitrogens is 2.